The number of nitrogens with one attached hydrogen (secondary N) is 1. The van der Waals surface area contributed by atoms with Crippen molar-refractivity contribution in [2.75, 3.05) is 38.6 Å². The summed E-state index contributed by atoms with van der Waals surface area (Å²) < 4.78 is 0. The lowest BCUT2D eigenvalue weighted by atomic mass is 10.1. The van der Waals surface area contributed by atoms with Crippen LogP contribution in [-0.2, 0) is 6.54 Å². The van der Waals surface area contributed by atoms with Crippen LogP contribution in [0, 0.1) is 6.92 Å². The topological polar surface area (TPSA) is 18.5 Å². The monoisotopic (exact) mass is 291 g/mol. The van der Waals surface area contributed by atoms with Gasteiger partial charge in [0.1, 0.15) is 0 Å². The molecule has 0 saturated heterocycles. The fourth-order valence-corrected chi connectivity index (χ4v) is 2.42. The standard InChI is InChI=1S/C18H33N3/c1-7-10-21(12-11-20(5)6)18-9-8-16(4)13-17(18)14-19-15(2)3/h8-9,13,15,19H,7,10-12,14H2,1-6H3. The summed E-state index contributed by atoms with van der Waals surface area (Å²) in [5, 5.41) is 3.55. The van der Waals surface area contributed by atoms with E-state index in [4.69, 9.17) is 0 Å². The number of aryl methyl sites for hydroxylation is 1. The molecule has 0 saturated carbocycles. The molecule has 0 aliphatic rings. The van der Waals surface area contributed by atoms with Crippen molar-refractivity contribution in [3.63, 3.8) is 0 Å². The van der Waals surface area contributed by atoms with Crippen LogP contribution in [0.3, 0.4) is 0 Å². The fraction of sp³-hybridized carbons (Fsp3) is 0.667. The van der Waals surface area contributed by atoms with Gasteiger partial charge >= 0.3 is 0 Å². The van der Waals surface area contributed by atoms with E-state index in [2.05, 4.69) is 75.1 Å². The smallest absolute Gasteiger partial charge is 0.0412 e. The average Bonchev–Trinajstić information content (AvgIpc) is 2.41. The highest BCUT2D eigenvalue weighted by Gasteiger charge is 2.11. The summed E-state index contributed by atoms with van der Waals surface area (Å²) in [6.07, 6.45) is 1.18. The first-order valence-corrected chi connectivity index (χ1v) is 8.16. The molecule has 21 heavy (non-hydrogen) atoms. The predicted molar refractivity (Wildman–Crippen MR) is 94.2 cm³/mol. The Morgan fingerprint density at radius 2 is 1.81 bits per heavy atom. The van der Waals surface area contributed by atoms with Crippen LogP contribution < -0.4 is 10.2 Å². The van der Waals surface area contributed by atoms with Crippen LogP contribution in [0.25, 0.3) is 0 Å². The molecule has 0 bridgehead atoms. The van der Waals surface area contributed by atoms with Crippen LogP contribution >= 0.6 is 0 Å². The summed E-state index contributed by atoms with van der Waals surface area (Å²) in [4.78, 5) is 4.78. The molecule has 0 radical (unpaired) electrons. The summed E-state index contributed by atoms with van der Waals surface area (Å²) in [7, 11) is 4.28. The maximum atomic E-state index is 3.55. The van der Waals surface area contributed by atoms with Gasteiger partial charge in [-0.05, 0) is 39.1 Å². The molecule has 0 fully saturated rings. The van der Waals surface area contributed by atoms with Crippen LogP contribution in [0.2, 0.25) is 0 Å². The first-order chi connectivity index (χ1) is 9.93. The number of anilines is 1. The molecule has 3 nitrogen and oxygen atoms in total. The minimum absolute atomic E-state index is 0.514. The Hall–Kier alpha value is -1.06. The molecule has 0 aliphatic carbocycles. The normalized spacial score (nSPS) is 11.4. The molecular formula is C18H33N3. The molecule has 1 aromatic carbocycles. The second kappa shape index (κ2) is 9.06. The van der Waals surface area contributed by atoms with E-state index in [1.165, 1.54) is 23.2 Å². The number of likely N-dealkylation sites (N-methyl/N-ethyl adjacent to an activating group) is 1. The number of nitrogens with zero attached hydrogens (tertiary/aromatic N) is 2. The van der Waals surface area contributed by atoms with Crippen LogP contribution in [0.1, 0.15) is 38.3 Å². The largest absolute Gasteiger partial charge is 0.370 e. The summed E-state index contributed by atoms with van der Waals surface area (Å²) in [5.41, 5.74) is 4.14. The van der Waals surface area contributed by atoms with Gasteiger partial charge in [0.2, 0.25) is 0 Å². The van der Waals surface area contributed by atoms with Gasteiger partial charge in [0.25, 0.3) is 0 Å². The van der Waals surface area contributed by atoms with Crippen molar-refractivity contribution < 1.29 is 0 Å². The molecule has 0 aliphatic heterocycles. The third kappa shape index (κ3) is 6.49. The van der Waals surface area contributed by atoms with Gasteiger partial charge in [-0.3, -0.25) is 0 Å². The summed E-state index contributed by atoms with van der Waals surface area (Å²) in [5.74, 6) is 0. The Bertz CT molecular complexity index is 413. The van der Waals surface area contributed by atoms with Crippen LogP contribution in [0.4, 0.5) is 5.69 Å². The van der Waals surface area contributed by atoms with Gasteiger partial charge in [0.05, 0.1) is 0 Å². The second-order valence-electron chi connectivity index (χ2n) is 6.46. The summed E-state index contributed by atoms with van der Waals surface area (Å²) in [6.45, 7) is 13.1. The van der Waals surface area contributed by atoms with Crippen molar-refractivity contribution in [2.24, 2.45) is 0 Å². The minimum atomic E-state index is 0.514. The quantitative estimate of drug-likeness (QED) is 0.753. The van der Waals surface area contributed by atoms with Crippen molar-refractivity contribution in [3.8, 4) is 0 Å². The highest BCUT2D eigenvalue weighted by atomic mass is 15.2. The second-order valence-corrected chi connectivity index (χ2v) is 6.46. The summed E-state index contributed by atoms with van der Waals surface area (Å²) in [6, 6.07) is 7.35. The van der Waals surface area contributed by atoms with E-state index in [1.54, 1.807) is 0 Å². The number of hydrogen-bond donors (Lipinski definition) is 1. The molecule has 120 valence electrons. The van der Waals surface area contributed by atoms with Gasteiger partial charge in [0, 0.05) is 37.9 Å². The maximum Gasteiger partial charge on any atom is 0.0412 e. The zero-order valence-electron chi connectivity index (χ0n) is 14.7. The zero-order valence-corrected chi connectivity index (χ0v) is 14.7. The molecule has 0 amide bonds. The van der Waals surface area contributed by atoms with Crippen molar-refractivity contribution in [2.45, 2.75) is 46.7 Å². The molecule has 0 heterocycles. The number of hydrogen-bond acceptors (Lipinski definition) is 3. The minimum Gasteiger partial charge on any atom is -0.370 e. The van der Waals surface area contributed by atoms with Gasteiger partial charge in [-0.25, -0.2) is 0 Å². The molecule has 0 aromatic heterocycles. The van der Waals surface area contributed by atoms with E-state index in [9.17, 15) is 0 Å². The molecule has 0 spiro atoms. The summed E-state index contributed by atoms with van der Waals surface area (Å²) >= 11 is 0. The van der Waals surface area contributed by atoms with Crippen LogP contribution in [0.15, 0.2) is 18.2 Å². The van der Waals surface area contributed by atoms with E-state index in [1.807, 2.05) is 0 Å². The SMILES string of the molecule is CCCN(CCN(C)C)c1ccc(C)cc1CNC(C)C. The fourth-order valence-electron chi connectivity index (χ4n) is 2.42. The lowest BCUT2D eigenvalue weighted by Crippen LogP contribution is -2.33. The molecular weight excluding hydrogens is 258 g/mol. The van der Waals surface area contributed by atoms with E-state index in [-0.39, 0.29) is 0 Å². The van der Waals surface area contributed by atoms with Gasteiger partial charge in [-0.15, -0.1) is 0 Å². The van der Waals surface area contributed by atoms with Gasteiger partial charge in [0.15, 0.2) is 0 Å². The van der Waals surface area contributed by atoms with E-state index < -0.39 is 0 Å². The van der Waals surface area contributed by atoms with Crippen molar-refractivity contribution in [3.05, 3.63) is 29.3 Å². The third-order valence-corrected chi connectivity index (χ3v) is 3.59. The average molecular weight is 291 g/mol. The Balaban J connectivity index is 2.93. The number of rotatable bonds is 9. The Morgan fingerprint density at radius 3 is 2.38 bits per heavy atom. The lowest BCUT2D eigenvalue weighted by molar-refractivity contribution is 0.412. The molecule has 1 aromatic rings. The first kappa shape index (κ1) is 18.0. The molecule has 1 rings (SSSR count). The molecule has 3 heteroatoms. The van der Waals surface area contributed by atoms with Crippen molar-refractivity contribution in [1.82, 2.24) is 10.2 Å². The first-order valence-electron chi connectivity index (χ1n) is 8.16. The third-order valence-electron chi connectivity index (χ3n) is 3.59. The molecule has 0 unspecified atom stereocenters. The highest BCUT2D eigenvalue weighted by Crippen LogP contribution is 2.22. The molecule has 0 atom stereocenters. The van der Waals surface area contributed by atoms with E-state index in [0.717, 1.165) is 26.2 Å². The number of benzene rings is 1. The van der Waals surface area contributed by atoms with Crippen molar-refractivity contribution >= 4 is 5.69 Å². The van der Waals surface area contributed by atoms with E-state index >= 15 is 0 Å². The Labute approximate surface area is 131 Å². The van der Waals surface area contributed by atoms with Crippen LogP contribution in [-0.4, -0.2) is 44.7 Å². The Kier molecular flexibility index (Phi) is 7.76. The van der Waals surface area contributed by atoms with Gasteiger partial charge < -0.3 is 15.1 Å². The van der Waals surface area contributed by atoms with Crippen molar-refractivity contribution in [1.29, 1.82) is 0 Å². The lowest BCUT2D eigenvalue weighted by Gasteiger charge is -2.29. The zero-order chi connectivity index (χ0) is 15.8. The predicted octanol–water partition coefficient (Wildman–Crippen LogP) is 3.27. The highest BCUT2D eigenvalue weighted by molar-refractivity contribution is 5.55. The maximum absolute atomic E-state index is 3.55. The van der Waals surface area contributed by atoms with Gasteiger partial charge in [-0.1, -0.05) is 38.5 Å². The van der Waals surface area contributed by atoms with Crippen LogP contribution in [0.5, 0.6) is 0 Å². The van der Waals surface area contributed by atoms with E-state index in [0.29, 0.717) is 6.04 Å². The molecule has 1 N–H and O–H groups in total. The van der Waals surface area contributed by atoms with Gasteiger partial charge in [-0.2, -0.15) is 0 Å². The Morgan fingerprint density at radius 1 is 1.10 bits per heavy atom.